The van der Waals surface area contributed by atoms with Crippen LogP contribution in [-0.4, -0.2) is 7.25 Å². The first-order valence-corrected chi connectivity index (χ1v) is 10.1. The van der Waals surface area contributed by atoms with Gasteiger partial charge in [-0.3, -0.25) is 0 Å². The maximum atomic E-state index is 9.75. The molecule has 0 aliphatic heterocycles. The summed E-state index contributed by atoms with van der Waals surface area (Å²) in [4.78, 5) is 0. The van der Waals surface area contributed by atoms with Crippen LogP contribution in [0, 0.1) is 10.8 Å². The molecule has 0 nitrogen and oxygen atoms in total. The maximum Gasteiger partial charge on any atom is 0.673 e. The average Bonchev–Trinajstić information content (AvgIpc) is 2.70. The van der Waals surface area contributed by atoms with Crippen molar-refractivity contribution < 1.29 is 32.5 Å². The molecule has 0 aromatic carbocycles. The summed E-state index contributed by atoms with van der Waals surface area (Å²) in [5.74, 6) is 0. The van der Waals surface area contributed by atoms with Crippen LogP contribution >= 0.6 is 0 Å². The zero-order valence-electron chi connectivity index (χ0n) is 17.5. The Bertz CT molecular complexity index is 669. The Hall–Kier alpha value is -0.723. The van der Waals surface area contributed by atoms with Crippen LogP contribution in [0.4, 0.5) is 17.3 Å². The molecule has 0 amide bonds. The predicted octanol–water partition coefficient (Wildman–Crippen LogP) is 7.67. The number of halogens is 4. The Labute approximate surface area is 162 Å². The first kappa shape index (κ1) is 23.3. The van der Waals surface area contributed by atoms with Crippen LogP contribution in [0.25, 0.3) is 0 Å². The normalized spacial score (nSPS) is 22.2. The van der Waals surface area contributed by atoms with Crippen molar-refractivity contribution in [1.82, 2.24) is 0 Å². The standard InChI is InChI=1S/2C10H15.BF4.Cr/c2*1-7-6-10(4,5)9(3)8(7)2;2-1(3,4)5;/h2*1-5H3;;/q;;-1;+1. The van der Waals surface area contributed by atoms with E-state index in [2.05, 4.69) is 69.2 Å². The maximum absolute atomic E-state index is 9.75. The fourth-order valence-corrected chi connectivity index (χ4v) is 6.18. The Kier molecular flexibility index (Phi) is 6.60. The smallest absolute Gasteiger partial charge is 0.418 e. The minimum atomic E-state index is -6.00. The van der Waals surface area contributed by atoms with Gasteiger partial charge in [0.15, 0.2) is 0 Å². The summed E-state index contributed by atoms with van der Waals surface area (Å²) in [5.41, 5.74) is 9.75. The molecule has 2 aliphatic carbocycles. The van der Waals surface area contributed by atoms with Gasteiger partial charge in [-0.15, -0.1) is 0 Å². The Morgan fingerprint density at radius 3 is 0.962 bits per heavy atom. The van der Waals surface area contributed by atoms with Crippen LogP contribution in [0.15, 0.2) is 42.3 Å². The first-order chi connectivity index (χ1) is 11.4. The first-order valence-electron chi connectivity index (χ1n) is 8.78. The molecule has 0 unspecified atom stereocenters. The van der Waals surface area contributed by atoms with Crippen LogP contribution in [-0.2, 0) is 15.2 Å². The van der Waals surface area contributed by atoms with E-state index in [0.717, 1.165) is 0 Å². The van der Waals surface area contributed by atoms with Crippen LogP contribution in [0.2, 0.25) is 0 Å². The largest absolute Gasteiger partial charge is 0.673 e. The molecular formula is C20H30BCrF4. The van der Waals surface area contributed by atoms with E-state index in [4.69, 9.17) is 0 Å². The minimum Gasteiger partial charge on any atom is -0.418 e. The van der Waals surface area contributed by atoms with Gasteiger partial charge in [-0.25, -0.2) is 0 Å². The molecule has 0 spiro atoms. The molecule has 0 heterocycles. The van der Waals surface area contributed by atoms with Crippen molar-refractivity contribution in [3.8, 4) is 0 Å². The molecule has 0 saturated heterocycles. The van der Waals surface area contributed by atoms with Crippen molar-refractivity contribution in [2.24, 2.45) is 10.8 Å². The van der Waals surface area contributed by atoms with E-state index in [1.54, 1.807) is 31.2 Å². The van der Waals surface area contributed by atoms with Crippen LogP contribution in [0.5, 0.6) is 0 Å². The molecular weight excluding hydrogens is 379 g/mol. The van der Waals surface area contributed by atoms with Crippen LogP contribution < -0.4 is 0 Å². The molecule has 147 valence electrons. The third kappa shape index (κ3) is 4.39. The van der Waals surface area contributed by atoms with Gasteiger partial charge in [-0.2, -0.15) is 0 Å². The average molecular weight is 409 g/mol. The summed E-state index contributed by atoms with van der Waals surface area (Å²) in [6, 6.07) is 0. The monoisotopic (exact) mass is 409 g/mol. The van der Waals surface area contributed by atoms with E-state index < -0.39 is 7.25 Å². The Balaban J connectivity index is 0.000000597. The predicted molar refractivity (Wildman–Crippen MR) is 99.9 cm³/mol. The van der Waals surface area contributed by atoms with E-state index in [0.29, 0.717) is 15.2 Å². The van der Waals surface area contributed by atoms with E-state index in [1.807, 2.05) is 0 Å². The van der Waals surface area contributed by atoms with Crippen molar-refractivity contribution in [2.75, 3.05) is 0 Å². The molecule has 0 fully saturated rings. The summed E-state index contributed by atoms with van der Waals surface area (Å²) in [7, 11) is -6.00. The molecule has 0 aromatic rings. The van der Waals surface area contributed by atoms with E-state index in [-0.39, 0.29) is 10.8 Å². The third-order valence-corrected chi connectivity index (χ3v) is 9.33. The summed E-state index contributed by atoms with van der Waals surface area (Å²) in [6.07, 6.45) is 0. The SMILES string of the molecule is CC1=C(C)C(C)(C)[C]([Cr+][C]2=C(C)C(C)=C(C)C2(C)C)=C1C.F[B-](F)(F)F. The molecule has 26 heavy (non-hydrogen) atoms. The van der Waals surface area contributed by atoms with Gasteiger partial charge in [0.25, 0.3) is 0 Å². The van der Waals surface area contributed by atoms with Gasteiger partial charge in [-0.05, 0) is 0 Å². The molecule has 0 bridgehead atoms. The quantitative estimate of drug-likeness (QED) is 0.324. The van der Waals surface area contributed by atoms with Crippen LogP contribution in [0.3, 0.4) is 0 Å². The second-order valence-electron chi connectivity index (χ2n) is 8.26. The number of rotatable bonds is 2. The molecule has 0 N–H and O–H groups in total. The van der Waals surface area contributed by atoms with E-state index >= 15 is 0 Å². The molecule has 6 heteroatoms. The molecule has 2 aliphatic rings. The van der Waals surface area contributed by atoms with Gasteiger partial charge in [0.05, 0.1) is 0 Å². The van der Waals surface area contributed by atoms with Crippen molar-refractivity contribution in [3.05, 3.63) is 42.3 Å². The fourth-order valence-electron chi connectivity index (χ4n) is 3.63. The summed E-state index contributed by atoms with van der Waals surface area (Å²) in [5, 5.41) is 0. The molecule has 0 radical (unpaired) electrons. The number of hydrogen-bond acceptors (Lipinski definition) is 0. The number of allylic oxidation sites excluding steroid dienone is 8. The van der Waals surface area contributed by atoms with Crippen molar-refractivity contribution in [2.45, 2.75) is 69.2 Å². The zero-order chi connectivity index (χ0) is 20.8. The van der Waals surface area contributed by atoms with Gasteiger partial charge in [0, 0.05) is 0 Å². The summed E-state index contributed by atoms with van der Waals surface area (Å²) < 4.78 is 42.4. The fraction of sp³-hybridized carbons (Fsp3) is 0.600. The van der Waals surface area contributed by atoms with Gasteiger partial charge < -0.3 is 17.3 Å². The minimum absolute atomic E-state index is 0.238. The summed E-state index contributed by atoms with van der Waals surface area (Å²) >= 11 is 0.444. The molecule has 0 aromatic heterocycles. The Morgan fingerprint density at radius 2 is 0.808 bits per heavy atom. The van der Waals surface area contributed by atoms with Crippen LogP contribution in [0.1, 0.15) is 69.2 Å². The zero-order valence-corrected chi connectivity index (χ0v) is 18.8. The topological polar surface area (TPSA) is 0 Å². The second kappa shape index (κ2) is 7.36. The van der Waals surface area contributed by atoms with Crippen molar-refractivity contribution in [1.29, 1.82) is 0 Å². The van der Waals surface area contributed by atoms with E-state index in [9.17, 15) is 17.3 Å². The summed E-state index contributed by atoms with van der Waals surface area (Å²) in [6.45, 7) is 23.5. The van der Waals surface area contributed by atoms with Crippen molar-refractivity contribution >= 4 is 7.25 Å². The molecule has 2 rings (SSSR count). The molecule has 0 atom stereocenters. The number of hydrogen-bond donors (Lipinski definition) is 0. The van der Waals surface area contributed by atoms with E-state index in [1.165, 1.54) is 11.1 Å². The third-order valence-electron chi connectivity index (χ3n) is 6.15. The Morgan fingerprint density at radius 1 is 0.577 bits per heavy atom. The second-order valence-corrected chi connectivity index (χ2v) is 9.85. The van der Waals surface area contributed by atoms with Gasteiger partial charge in [0.1, 0.15) is 0 Å². The van der Waals surface area contributed by atoms with Gasteiger partial charge in [-0.1, -0.05) is 0 Å². The van der Waals surface area contributed by atoms with Gasteiger partial charge in [0.2, 0.25) is 0 Å². The van der Waals surface area contributed by atoms with Crippen molar-refractivity contribution in [3.63, 3.8) is 0 Å². The van der Waals surface area contributed by atoms with Gasteiger partial charge >= 0.3 is 145 Å². The molecule has 0 saturated carbocycles.